The largest absolute Gasteiger partial charge is 0.507 e. The van der Waals surface area contributed by atoms with Crippen LogP contribution in [0.25, 0.3) is 0 Å². The number of unbranched alkanes of at least 4 members (excludes halogenated alkanes) is 2. The van der Waals surface area contributed by atoms with E-state index in [-0.39, 0.29) is 22.9 Å². The quantitative estimate of drug-likeness (QED) is 0.378. The SMILES string of the molecule is CCCCCC1=CC(=O)C=C(OC)[C@@]12C(=O)Oc1cc(O)c(C(=O)O)c(CCC)c12. The van der Waals surface area contributed by atoms with Crippen molar-refractivity contribution in [3.63, 3.8) is 0 Å². The number of ether oxygens (including phenoxy) is 2. The third-order valence-corrected chi connectivity index (χ3v) is 5.68. The highest BCUT2D eigenvalue weighted by molar-refractivity contribution is 6.09. The summed E-state index contributed by atoms with van der Waals surface area (Å²) in [5.74, 6) is -2.48. The maximum atomic E-state index is 13.4. The van der Waals surface area contributed by atoms with E-state index in [4.69, 9.17) is 9.47 Å². The van der Waals surface area contributed by atoms with Gasteiger partial charge in [0.2, 0.25) is 0 Å². The van der Waals surface area contributed by atoms with Crippen LogP contribution in [0.2, 0.25) is 0 Å². The fourth-order valence-corrected chi connectivity index (χ4v) is 4.48. The number of hydrogen-bond donors (Lipinski definition) is 2. The molecule has 0 saturated carbocycles. The van der Waals surface area contributed by atoms with Gasteiger partial charge in [0.1, 0.15) is 22.8 Å². The maximum Gasteiger partial charge on any atom is 0.339 e. The molecule has 7 nitrogen and oxygen atoms in total. The van der Waals surface area contributed by atoms with Crippen LogP contribution < -0.4 is 4.74 Å². The lowest BCUT2D eigenvalue weighted by molar-refractivity contribution is -0.137. The number of benzene rings is 1. The van der Waals surface area contributed by atoms with Gasteiger partial charge in [0, 0.05) is 17.7 Å². The van der Waals surface area contributed by atoms with Gasteiger partial charge in [-0.15, -0.1) is 0 Å². The molecular formula is C23H26O7. The Morgan fingerprint density at radius 3 is 2.47 bits per heavy atom. The van der Waals surface area contributed by atoms with Crippen LogP contribution in [-0.4, -0.2) is 35.0 Å². The Labute approximate surface area is 175 Å². The van der Waals surface area contributed by atoms with Gasteiger partial charge in [-0.3, -0.25) is 4.79 Å². The highest BCUT2D eigenvalue weighted by Crippen LogP contribution is 2.55. The molecule has 0 radical (unpaired) electrons. The van der Waals surface area contributed by atoms with Gasteiger partial charge in [0.15, 0.2) is 11.2 Å². The van der Waals surface area contributed by atoms with Crippen LogP contribution in [-0.2, 0) is 26.2 Å². The summed E-state index contributed by atoms with van der Waals surface area (Å²) in [6.45, 7) is 3.93. The number of esters is 1. The molecule has 0 fully saturated rings. The molecule has 1 spiro atoms. The minimum Gasteiger partial charge on any atom is -0.507 e. The average molecular weight is 414 g/mol. The number of fused-ring (bicyclic) bond motifs is 2. The zero-order chi connectivity index (χ0) is 22.1. The van der Waals surface area contributed by atoms with Crippen molar-refractivity contribution in [2.45, 2.75) is 57.8 Å². The number of rotatable bonds is 8. The first kappa shape index (κ1) is 21.6. The molecule has 1 heterocycles. The molecule has 1 atom stereocenters. The fraction of sp³-hybridized carbons (Fsp3) is 0.435. The van der Waals surface area contributed by atoms with Crippen molar-refractivity contribution in [3.8, 4) is 11.5 Å². The van der Waals surface area contributed by atoms with Crippen LogP contribution in [0.3, 0.4) is 0 Å². The van der Waals surface area contributed by atoms with Gasteiger partial charge in [0.25, 0.3) is 0 Å². The molecule has 1 aliphatic heterocycles. The molecule has 30 heavy (non-hydrogen) atoms. The number of phenols is 1. The van der Waals surface area contributed by atoms with E-state index >= 15 is 0 Å². The van der Waals surface area contributed by atoms with E-state index in [1.807, 2.05) is 6.92 Å². The van der Waals surface area contributed by atoms with Crippen LogP contribution in [0, 0.1) is 0 Å². The molecule has 1 aliphatic carbocycles. The lowest BCUT2D eigenvalue weighted by Crippen LogP contribution is -2.42. The summed E-state index contributed by atoms with van der Waals surface area (Å²) >= 11 is 0. The topological polar surface area (TPSA) is 110 Å². The van der Waals surface area contributed by atoms with E-state index in [1.165, 1.54) is 19.3 Å². The molecule has 0 unspecified atom stereocenters. The molecule has 2 N–H and O–H groups in total. The third-order valence-electron chi connectivity index (χ3n) is 5.68. The summed E-state index contributed by atoms with van der Waals surface area (Å²) in [5.41, 5.74) is -0.567. The number of carbonyl (C=O) groups is 3. The van der Waals surface area contributed by atoms with E-state index in [0.29, 0.717) is 36.0 Å². The maximum absolute atomic E-state index is 13.4. The second-order valence-corrected chi connectivity index (χ2v) is 7.56. The van der Waals surface area contributed by atoms with Crippen LogP contribution >= 0.6 is 0 Å². The van der Waals surface area contributed by atoms with Crippen molar-refractivity contribution in [1.82, 2.24) is 0 Å². The standard InChI is InChI=1S/C23H26O7/c1-4-6-7-9-13-10-14(24)11-18(29-3)23(13)20-15(8-5-2)19(21(26)27)16(25)12-17(20)30-22(23)28/h10-12,25H,4-9H2,1-3H3,(H,26,27)/t23-/m0/s1. The lowest BCUT2D eigenvalue weighted by Gasteiger charge is -2.34. The second-order valence-electron chi connectivity index (χ2n) is 7.56. The predicted molar refractivity (Wildman–Crippen MR) is 109 cm³/mol. The predicted octanol–water partition coefficient (Wildman–Crippen LogP) is 3.82. The van der Waals surface area contributed by atoms with Crippen LogP contribution in [0.1, 0.15) is 67.4 Å². The number of ketones is 1. The van der Waals surface area contributed by atoms with E-state index < -0.39 is 23.1 Å². The Bertz CT molecular complexity index is 970. The van der Waals surface area contributed by atoms with Crippen molar-refractivity contribution >= 4 is 17.7 Å². The summed E-state index contributed by atoms with van der Waals surface area (Å²) in [5, 5.41) is 20.1. The van der Waals surface area contributed by atoms with Gasteiger partial charge in [-0.25, -0.2) is 9.59 Å². The third kappa shape index (κ3) is 3.18. The van der Waals surface area contributed by atoms with E-state index in [1.54, 1.807) is 0 Å². The monoisotopic (exact) mass is 414 g/mol. The van der Waals surface area contributed by atoms with Crippen LogP contribution in [0.5, 0.6) is 11.5 Å². The first-order valence-corrected chi connectivity index (χ1v) is 10.2. The normalized spacial score (nSPS) is 20.0. The smallest absolute Gasteiger partial charge is 0.339 e. The lowest BCUT2D eigenvalue weighted by atomic mass is 9.66. The molecular weight excluding hydrogens is 388 g/mol. The highest BCUT2D eigenvalue weighted by atomic mass is 16.5. The Morgan fingerprint density at radius 1 is 1.13 bits per heavy atom. The number of aromatic hydroxyl groups is 1. The minimum atomic E-state index is -1.52. The fourth-order valence-electron chi connectivity index (χ4n) is 4.48. The molecule has 1 aromatic carbocycles. The average Bonchev–Trinajstić information content (AvgIpc) is 2.96. The first-order chi connectivity index (χ1) is 14.3. The van der Waals surface area contributed by atoms with Gasteiger partial charge >= 0.3 is 11.9 Å². The van der Waals surface area contributed by atoms with E-state index in [2.05, 4.69) is 6.92 Å². The minimum absolute atomic E-state index is 0.102. The summed E-state index contributed by atoms with van der Waals surface area (Å²) in [6.07, 6.45) is 6.66. The summed E-state index contributed by atoms with van der Waals surface area (Å²) < 4.78 is 11.1. The Hall–Kier alpha value is -3.09. The van der Waals surface area contributed by atoms with Gasteiger partial charge in [-0.2, -0.15) is 0 Å². The molecule has 0 amide bonds. The molecule has 0 aromatic heterocycles. The first-order valence-electron chi connectivity index (χ1n) is 10.2. The molecule has 0 bridgehead atoms. The number of allylic oxidation sites excluding steroid dienone is 2. The highest BCUT2D eigenvalue weighted by Gasteiger charge is 2.58. The number of carboxylic acids is 1. The number of carbonyl (C=O) groups excluding carboxylic acids is 2. The molecule has 160 valence electrons. The van der Waals surface area contributed by atoms with Crippen LogP contribution in [0.4, 0.5) is 0 Å². The molecule has 3 rings (SSSR count). The molecule has 2 aliphatic rings. The van der Waals surface area contributed by atoms with Gasteiger partial charge in [-0.05, 0) is 36.5 Å². The van der Waals surface area contributed by atoms with Gasteiger partial charge in [-0.1, -0.05) is 33.1 Å². The van der Waals surface area contributed by atoms with Crippen molar-refractivity contribution in [2.75, 3.05) is 7.11 Å². The number of aromatic carboxylic acids is 1. The zero-order valence-electron chi connectivity index (χ0n) is 17.4. The van der Waals surface area contributed by atoms with Crippen molar-refractivity contribution in [2.24, 2.45) is 0 Å². The van der Waals surface area contributed by atoms with Gasteiger partial charge < -0.3 is 19.7 Å². The van der Waals surface area contributed by atoms with Gasteiger partial charge in [0.05, 0.1) is 7.11 Å². The van der Waals surface area contributed by atoms with Crippen molar-refractivity contribution < 1.29 is 34.1 Å². The summed E-state index contributed by atoms with van der Waals surface area (Å²) in [4.78, 5) is 37.7. The molecule has 0 saturated heterocycles. The Balaban J connectivity index is 2.36. The molecule has 7 heteroatoms. The zero-order valence-corrected chi connectivity index (χ0v) is 17.4. The second kappa shape index (κ2) is 8.34. The van der Waals surface area contributed by atoms with Crippen molar-refractivity contribution in [3.05, 3.63) is 46.2 Å². The summed E-state index contributed by atoms with van der Waals surface area (Å²) in [6, 6.07) is 1.16. The Kier molecular flexibility index (Phi) is 6.01. The number of methoxy groups -OCH3 is 1. The molecule has 1 aromatic rings. The van der Waals surface area contributed by atoms with E-state index in [0.717, 1.165) is 25.3 Å². The Morgan fingerprint density at radius 2 is 1.87 bits per heavy atom. The van der Waals surface area contributed by atoms with Crippen molar-refractivity contribution in [1.29, 1.82) is 0 Å². The van der Waals surface area contributed by atoms with E-state index in [9.17, 15) is 24.6 Å². The number of carboxylic acid groups (broad SMARTS) is 1. The van der Waals surface area contributed by atoms with Crippen LogP contribution in [0.15, 0.2) is 29.6 Å². The number of hydrogen-bond acceptors (Lipinski definition) is 6. The summed E-state index contributed by atoms with van der Waals surface area (Å²) in [7, 11) is 1.37.